The van der Waals surface area contributed by atoms with Crippen molar-refractivity contribution in [1.82, 2.24) is 16.0 Å². The maximum atomic E-state index is 14.2. The van der Waals surface area contributed by atoms with E-state index < -0.39 is 23.1 Å². The Morgan fingerprint density at radius 1 is 1.00 bits per heavy atom. The van der Waals surface area contributed by atoms with Crippen molar-refractivity contribution >= 4 is 11.9 Å². The first-order valence-corrected chi connectivity index (χ1v) is 8.67. The Morgan fingerprint density at radius 2 is 1.68 bits per heavy atom. The normalized spacial score (nSPS) is 10.9. The van der Waals surface area contributed by atoms with Gasteiger partial charge in [-0.1, -0.05) is 18.2 Å². The second-order valence-corrected chi connectivity index (χ2v) is 6.80. The van der Waals surface area contributed by atoms with E-state index in [2.05, 4.69) is 16.0 Å². The van der Waals surface area contributed by atoms with Crippen molar-refractivity contribution < 1.29 is 23.1 Å². The lowest BCUT2D eigenvalue weighted by atomic mass is 9.92. The van der Waals surface area contributed by atoms with Crippen LogP contribution in [0.5, 0.6) is 11.5 Å². The number of benzene rings is 2. The van der Waals surface area contributed by atoms with Crippen molar-refractivity contribution in [3.63, 3.8) is 0 Å². The fraction of sp³-hybridized carbons (Fsp3) is 0.300. The summed E-state index contributed by atoms with van der Waals surface area (Å²) in [6, 6.07) is 9.35. The summed E-state index contributed by atoms with van der Waals surface area (Å²) < 4.78 is 33.0. The number of nitrogens with one attached hydrogen (secondary N) is 3. The van der Waals surface area contributed by atoms with Crippen LogP contribution < -0.4 is 20.7 Å². The SMILES string of the molecule is CNC(=O)C(C)(C)CNC(=O)NCc1ccc(Oc2ccccc2F)c(F)c1. The van der Waals surface area contributed by atoms with Crippen molar-refractivity contribution in [3.05, 3.63) is 59.7 Å². The molecule has 0 aliphatic rings. The van der Waals surface area contributed by atoms with Gasteiger partial charge in [0.25, 0.3) is 0 Å². The average molecular weight is 391 g/mol. The van der Waals surface area contributed by atoms with E-state index in [1.807, 2.05) is 0 Å². The molecule has 0 bridgehead atoms. The number of ether oxygens (including phenoxy) is 1. The molecule has 0 spiro atoms. The number of rotatable bonds is 7. The molecule has 0 aromatic heterocycles. The third-order valence-corrected chi connectivity index (χ3v) is 4.04. The monoisotopic (exact) mass is 391 g/mol. The predicted octanol–water partition coefficient (Wildman–Crippen LogP) is 3.33. The molecular weight excluding hydrogens is 368 g/mol. The minimum absolute atomic E-state index is 0.0726. The zero-order chi connectivity index (χ0) is 20.7. The van der Waals surface area contributed by atoms with Crippen LogP contribution in [0.2, 0.25) is 0 Å². The number of hydrogen-bond donors (Lipinski definition) is 3. The van der Waals surface area contributed by atoms with Crippen LogP contribution in [0, 0.1) is 17.0 Å². The van der Waals surface area contributed by atoms with Crippen molar-refractivity contribution in [3.8, 4) is 11.5 Å². The molecule has 6 nitrogen and oxygen atoms in total. The van der Waals surface area contributed by atoms with Gasteiger partial charge in [0.2, 0.25) is 5.91 Å². The van der Waals surface area contributed by atoms with E-state index in [0.29, 0.717) is 5.56 Å². The molecule has 0 fully saturated rings. The van der Waals surface area contributed by atoms with Gasteiger partial charge in [-0.2, -0.15) is 0 Å². The number of hydrogen-bond acceptors (Lipinski definition) is 3. The molecule has 2 aromatic rings. The molecule has 0 aliphatic carbocycles. The van der Waals surface area contributed by atoms with Crippen LogP contribution in [-0.4, -0.2) is 25.5 Å². The lowest BCUT2D eigenvalue weighted by molar-refractivity contribution is -0.128. The lowest BCUT2D eigenvalue weighted by Gasteiger charge is -2.22. The first kappa shape index (κ1) is 21.1. The molecule has 28 heavy (non-hydrogen) atoms. The van der Waals surface area contributed by atoms with Gasteiger partial charge >= 0.3 is 6.03 Å². The zero-order valence-corrected chi connectivity index (χ0v) is 15.9. The first-order valence-electron chi connectivity index (χ1n) is 8.67. The molecule has 0 atom stereocenters. The van der Waals surface area contributed by atoms with Gasteiger partial charge < -0.3 is 20.7 Å². The van der Waals surface area contributed by atoms with E-state index in [9.17, 15) is 18.4 Å². The first-order chi connectivity index (χ1) is 13.2. The number of carbonyl (C=O) groups is 2. The maximum absolute atomic E-state index is 14.2. The topological polar surface area (TPSA) is 79.5 Å². The van der Waals surface area contributed by atoms with Gasteiger partial charge in [0, 0.05) is 20.1 Å². The molecule has 0 aliphatic heterocycles. The van der Waals surface area contributed by atoms with Crippen LogP contribution in [0.1, 0.15) is 19.4 Å². The number of urea groups is 1. The molecule has 0 saturated carbocycles. The van der Waals surface area contributed by atoms with Crippen LogP contribution in [-0.2, 0) is 11.3 Å². The molecule has 3 N–H and O–H groups in total. The molecule has 0 saturated heterocycles. The molecule has 150 valence electrons. The fourth-order valence-corrected chi connectivity index (χ4v) is 2.35. The molecule has 2 rings (SSSR count). The summed E-state index contributed by atoms with van der Waals surface area (Å²) in [5.74, 6) is -1.66. The molecule has 0 radical (unpaired) electrons. The number of amides is 3. The summed E-state index contributed by atoms with van der Waals surface area (Å²) in [7, 11) is 1.53. The summed E-state index contributed by atoms with van der Waals surface area (Å²) in [5, 5.41) is 7.72. The highest BCUT2D eigenvalue weighted by Gasteiger charge is 2.26. The van der Waals surface area contributed by atoms with Crippen molar-refractivity contribution in [1.29, 1.82) is 0 Å². The summed E-state index contributed by atoms with van der Waals surface area (Å²) >= 11 is 0. The Balaban J connectivity index is 1.90. The highest BCUT2D eigenvalue weighted by atomic mass is 19.1. The van der Waals surface area contributed by atoms with Crippen LogP contribution in [0.3, 0.4) is 0 Å². The van der Waals surface area contributed by atoms with Gasteiger partial charge in [0.1, 0.15) is 0 Å². The highest BCUT2D eigenvalue weighted by Crippen LogP contribution is 2.27. The van der Waals surface area contributed by atoms with Gasteiger partial charge in [-0.3, -0.25) is 4.79 Å². The molecule has 0 unspecified atom stereocenters. The quantitative estimate of drug-likeness (QED) is 0.677. The summed E-state index contributed by atoms with van der Waals surface area (Å²) in [4.78, 5) is 23.6. The Labute approximate surface area is 162 Å². The molecule has 0 heterocycles. The highest BCUT2D eigenvalue weighted by molar-refractivity contribution is 5.82. The standard InChI is InChI=1S/C20H23F2N3O3/c1-20(2,18(26)23-3)12-25-19(27)24-11-13-8-9-17(15(22)10-13)28-16-7-5-4-6-14(16)21/h4-10H,11-12H2,1-3H3,(H,23,26)(H2,24,25,27). The number of halogens is 2. The second-order valence-electron chi connectivity index (χ2n) is 6.80. The van der Waals surface area contributed by atoms with Gasteiger partial charge in [-0.25, -0.2) is 13.6 Å². The minimum atomic E-state index is -0.760. The predicted molar refractivity (Wildman–Crippen MR) is 101 cm³/mol. The van der Waals surface area contributed by atoms with Crippen LogP contribution in [0.4, 0.5) is 13.6 Å². The van der Waals surface area contributed by atoms with E-state index in [1.165, 1.54) is 37.4 Å². The Morgan fingerprint density at radius 3 is 2.32 bits per heavy atom. The minimum Gasteiger partial charge on any atom is -0.451 e. The lowest BCUT2D eigenvalue weighted by Crippen LogP contribution is -2.46. The maximum Gasteiger partial charge on any atom is 0.315 e. The van der Waals surface area contributed by atoms with Crippen molar-refractivity contribution in [2.75, 3.05) is 13.6 Å². The van der Waals surface area contributed by atoms with Gasteiger partial charge in [-0.05, 0) is 43.7 Å². The Bertz CT molecular complexity index is 856. The third-order valence-electron chi connectivity index (χ3n) is 4.04. The van der Waals surface area contributed by atoms with Crippen LogP contribution in [0.15, 0.2) is 42.5 Å². The zero-order valence-electron chi connectivity index (χ0n) is 15.9. The van der Waals surface area contributed by atoms with Crippen molar-refractivity contribution in [2.45, 2.75) is 20.4 Å². The fourth-order valence-electron chi connectivity index (χ4n) is 2.35. The largest absolute Gasteiger partial charge is 0.451 e. The molecule has 3 amide bonds. The van der Waals surface area contributed by atoms with E-state index >= 15 is 0 Å². The molecular formula is C20H23F2N3O3. The summed E-state index contributed by atoms with van der Waals surface area (Å²) in [6.07, 6.45) is 0. The second kappa shape index (κ2) is 9.16. The van der Waals surface area contributed by atoms with Crippen molar-refractivity contribution in [2.24, 2.45) is 5.41 Å². The van der Waals surface area contributed by atoms with Gasteiger partial charge in [-0.15, -0.1) is 0 Å². The molecule has 2 aromatic carbocycles. The summed E-state index contributed by atoms with van der Waals surface area (Å²) in [6.45, 7) is 3.62. The van der Waals surface area contributed by atoms with E-state index in [1.54, 1.807) is 26.0 Å². The van der Waals surface area contributed by atoms with Crippen LogP contribution in [0.25, 0.3) is 0 Å². The van der Waals surface area contributed by atoms with E-state index in [4.69, 9.17) is 4.74 Å². The summed E-state index contributed by atoms with van der Waals surface area (Å²) in [5.41, 5.74) is -0.261. The van der Waals surface area contributed by atoms with Crippen LogP contribution >= 0.6 is 0 Å². The smallest absolute Gasteiger partial charge is 0.315 e. The number of carbonyl (C=O) groups excluding carboxylic acids is 2. The van der Waals surface area contributed by atoms with Gasteiger partial charge in [0.05, 0.1) is 5.41 Å². The van der Waals surface area contributed by atoms with E-state index in [-0.39, 0.29) is 30.5 Å². The Hall–Kier alpha value is -3.16. The third kappa shape index (κ3) is 5.67. The molecule has 8 heteroatoms. The van der Waals surface area contributed by atoms with E-state index in [0.717, 1.165) is 0 Å². The average Bonchev–Trinajstić information content (AvgIpc) is 2.67. The Kier molecular flexibility index (Phi) is 6.92. The number of para-hydroxylation sites is 1. The van der Waals surface area contributed by atoms with Gasteiger partial charge in [0.15, 0.2) is 23.1 Å².